The molecule has 2 heterocycles. The lowest BCUT2D eigenvalue weighted by atomic mass is 10.2. The summed E-state index contributed by atoms with van der Waals surface area (Å²) in [6.45, 7) is 0. The second-order valence-corrected chi connectivity index (χ2v) is 6.66. The van der Waals surface area contributed by atoms with Crippen LogP contribution in [0.4, 0.5) is 14.5 Å². The van der Waals surface area contributed by atoms with Gasteiger partial charge >= 0.3 is 0 Å². The van der Waals surface area contributed by atoms with Crippen LogP contribution >= 0.6 is 11.3 Å². The van der Waals surface area contributed by atoms with Crippen LogP contribution in [0.3, 0.4) is 0 Å². The summed E-state index contributed by atoms with van der Waals surface area (Å²) in [7, 11) is 0. The molecule has 0 saturated carbocycles. The van der Waals surface area contributed by atoms with Gasteiger partial charge in [-0.25, -0.2) is 13.5 Å². The average molecular weight is 381 g/mol. The molecule has 4 nitrogen and oxygen atoms in total. The van der Waals surface area contributed by atoms with Crippen LogP contribution in [0.25, 0.3) is 16.3 Å². The molecule has 7 heteroatoms. The second-order valence-electron chi connectivity index (χ2n) is 5.71. The number of thiophene rings is 1. The van der Waals surface area contributed by atoms with E-state index in [4.69, 9.17) is 0 Å². The van der Waals surface area contributed by atoms with Crippen molar-refractivity contribution in [2.45, 2.75) is 0 Å². The highest BCUT2D eigenvalue weighted by atomic mass is 32.1. The van der Waals surface area contributed by atoms with Crippen molar-refractivity contribution in [2.24, 2.45) is 0 Å². The monoisotopic (exact) mass is 381 g/mol. The molecule has 0 radical (unpaired) electrons. The quantitative estimate of drug-likeness (QED) is 0.533. The number of anilines is 1. The van der Waals surface area contributed by atoms with E-state index in [0.29, 0.717) is 11.4 Å². The van der Waals surface area contributed by atoms with Crippen molar-refractivity contribution in [1.29, 1.82) is 0 Å². The summed E-state index contributed by atoms with van der Waals surface area (Å²) in [5, 5.41) is 8.96. The Kier molecular flexibility index (Phi) is 4.52. The fourth-order valence-electron chi connectivity index (χ4n) is 2.62. The molecule has 134 valence electrons. The second kappa shape index (κ2) is 7.13. The van der Waals surface area contributed by atoms with Gasteiger partial charge in [-0.1, -0.05) is 18.2 Å². The van der Waals surface area contributed by atoms with Gasteiger partial charge in [0, 0.05) is 0 Å². The largest absolute Gasteiger partial charge is 0.318 e. The van der Waals surface area contributed by atoms with Gasteiger partial charge in [-0.15, -0.1) is 11.3 Å². The van der Waals surface area contributed by atoms with Crippen LogP contribution in [0.1, 0.15) is 10.5 Å². The van der Waals surface area contributed by atoms with E-state index in [1.807, 2.05) is 17.5 Å². The van der Waals surface area contributed by atoms with E-state index >= 15 is 0 Å². The van der Waals surface area contributed by atoms with Crippen LogP contribution < -0.4 is 5.32 Å². The molecule has 1 N–H and O–H groups in total. The van der Waals surface area contributed by atoms with E-state index in [2.05, 4.69) is 10.4 Å². The van der Waals surface area contributed by atoms with Gasteiger partial charge in [0.1, 0.15) is 23.0 Å². The van der Waals surface area contributed by atoms with Crippen molar-refractivity contribution < 1.29 is 13.6 Å². The van der Waals surface area contributed by atoms with Crippen LogP contribution in [0.15, 0.2) is 72.1 Å². The number of carbonyl (C=O) groups excluding carboxylic acids is 1. The summed E-state index contributed by atoms with van der Waals surface area (Å²) >= 11 is 1.49. The standard InChI is InChI=1S/C20H13F2N3OS/c21-13-7-9-14(10-8-13)25-18(12-17(24-25)19-6-3-11-27-19)20(26)23-16-5-2-1-4-15(16)22/h1-12H,(H,23,26). The fourth-order valence-corrected chi connectivity index (χ4v) is 3.30. The highest BCUT2D eigenvalue weighted by Crippen LogP contribution is 2.26. The van der Waals surface area contributed by atoms with Gasteiger partial charge in [0.2, 0.25) is 0 Å². The predicted octanol–water partition coefficient (Wildman–Crippen LogP) is 5.13. The first-order valence-corrected chi connectivity index (χ1v) is 8.95. The highest BCUT2D eigenvalue weighted by molar-refractivity contribution is 7.13. The molecule has 27 heavy (non-hydrogen) atoms. The molecular formula is C20H13F2N3OS. The molecule has 0 atom stereocenters. The molecule has 0 saturated heterocycles. The SMILES string of the molecule is O=C(Nc1ccccc1F)c1cc(-c2cccs2)nn1-c1ccc(F)cc1. The number of halogens is 2. The van der Waals surface area contributed by atoms with E-state index in [0.717, 1.165) is 4.88 Å². The zero-order valence-electron chi connectivity index (χ0n) is 13.9. The van der Waals surface area contributed by atoms with Gasteiger partial charge in [-0.2, -0.15) is 5.10 Å². The Morgan fingerprint density at radius 3 is 2.48 bits per heavy atom. The lowest BCUT2D eigenvalue weighted by Gasteiger charge is -2.09. The maximum absolute atomic E-state index is 13.9. The van der Waals surface area contributed by atoms with E-state index in [1.165, 1.54) is 52.4 Å². The Morgan fingerprint density at radius 1 is 1.00 bits per heavy atom. The van der Waals surface area contributed by atoms with Crippen molar-refractivity contribution in [2.75, 3.05) is 5.32 Å². The van der Waals surface area contributed by atoms with Crippen molar-refractivity contribution in [3.63, 3.8) is 0 Å². The number of nitrogens with zero attached hydrogens (tertiary/aromatic N) is 2. The van der Waals surface area contributed by atoms with Crippen LogP contribution in [-0.2, 0) is 0 Å². The molecule has 2 aromatic carbocycles. The number of para-hydroxylation sites is 1. The van der Waals surface area contributed by atoms with Crippen LogP contribution in [-0.4, -0.2) is 15.7 Å². The maximum atomic E-state index is 13.9. The van der Waals surface area contributed by atoms with Crippen molar-refractivity contribution in [1.82, 2.24) is 9.78 Å². The summed E-state index contributed by atoms with van der Waals surface area (Å²) in [6, 6.07) is 17.0. The van der Waals surface area contributed by atoms with Crippen LogP contribution in [0.2, 0.25) is 0 Å². The first kappa shape index (κ1) is 17.1. The third kappa shape index (κ3) is 3.50. The third-order valence-corrected chi connectivity index (χ3v) is 4.80. The zero-order chi connectivity index (χ0) is 18.8. The Morgan fingerprint density at radius 2 is 1.78 bits per heavy atom. The highest BCUT2D eigenvalue weighted by Gasteiger charge is 2.19. The summed E-state index contributed by atoms with van der Waals surface area (Å²) in [5.74, 6) is -1.43. The minimum absolute atomic E-state index is 0.0760. The first-order chi connectivity index (χ1) is 13.1. The van der Waals surface area contributed by atoms with Gasteiger partial charge in [-0.3, -0.25) is 4.79 Å². The van der Waals surface area contributed by atoms with Crippen LogP contribution in [0, 0.1) is 11.6 Å². The van der Waals surface area contributed by atoms with Gasteiger partial charge < -0.3 is 5.32 Å². The Bertz CT molecular complexity index is 1090. The Hall–Kier alpha value is -3.32. The maximum Gasteiger partial charge on any atom is 0.274 e. The average Bonchev–Trinajstić information content (AvgIpc) is 3.33. The first-order valence-electron chi connectivity index (χ1n) is 8.07. The molecule has 0 fully saturated rings. The lowest BCUT2D eigenvalue weighted by molar-refractivity contribution is 0.101. The molecule has 0 bridgehead atoms. The van der Waals surface area contributed by atoms with E-state index in [1.54, 1.807) is 18.2 Å². The number of hydrogen-bond donors (Lipinski definition) is 1. The molecule has 4 rings (SSSR count). The van der Waals surface area contributed by atoms with Gasteiger partial charge in [0.15, 0.2) is 0 Å². The summed E-state index contributed by atoms with van der Waals surface area (Å²) in [6.07, 6.45) is 0. The third-order valence-electron chi connectivity index (χ3n) is 3.91. The molecule has 2 aromatic heterocycles. The molecular weight excluding hydrogens is 368 g/mol. The van der Waals surface area contributed by atoms with E-state index < -0.39 is 11.7 Å². The molecule has 0 unspecified atom stereocenters. The molecule has 1 amide bonds. The number of aromatic nitrogens is 2. The predicted molar refractivity (Wildman–Crippen MR) is 101 cm³/mol. The summed E-state index contributed by atoms with van der Waals surface area (Å²) in [5.41, 5.74) is 1.42. The van der Waals surface area contributed by atoms with Gasteiger partial charge in [0.25, 0.3) is 5.91 Å². The summed E-state index contributed by atoms with van der Waals surface area (Å²) < 4.78 is 28.6. The van der Waals surface area contributed by atoms with Crippen molar-refractivity contribution in [3.05, 3.63) is 89.4 Å². The molecule has 0 aliphatic heterocycles. The van der Waals surface area contributed by atoms with E-state index in [9.17, 15) is 13.6 Å². The zero-order valence-corrected chi connectivity index (χ0v) is 14.7. The molecule has 0 aliphatic rings. The van der Waals surface area contributed by atoms with Gasteiger partial charge in [-0.05, 0) is 53.9 Å². The number of carbonyl (C=O) groups is 1. The van der Waals surface area contributed by atoms with Crippen molar-refractivity contribution >= 4 is 22.9 Å². The smallest absolute Gasteiger partial charge is 0.274 e. The molecule has 0 spiro atoms. The normalized spacial score (nSPS) is 10.7. The minimum Gasteiger partial charge on any atom is -0.318 e. The van der Waals surface area contributed by atoms with E-state index in [-0.39, 0.29) is 17.2 Å². The van der Waals surface area contributed by atoms with Crippen molar-refractivity contribution in [3.8, 4) is 16.3 Å². The molecule has 4 aromatic rings. The fraction of sp³-hybridized carbons (Fsp3) is 0. The summed E-state index contributed by atoms with van der Waals surface area (Å²) in [4.78, 5) is 13.7. The lowest BCUT2D eigenvalue weighted by Crippen LogP contribution is -2.17. The topological polar surface area (TPSA) is 46.9 Å². The minimum atomic E-state index is -0.530. The number of rotatable bonds is 4. The Balaban J connectivity index is 1.77. The number of amides is 1. The number of hydrogen-bond acceptors (Lipinski definition) is 3. The van der Waals surface area contributed by atoms with Crippen LogP contribution in [0.5, 0.6) is 0 Å². The molecule has 0 aliphatic carbocycles. The number of nitrogens with one attached hydrogen (secondary N) is 1. The number of benzene rings is 2. The Labute approximate surface area is 157 Å². The van der Waals surface area contributed by atoms with Gasteiger partial charge in [0.05, 0.1) is 16.3 Å².